The highest BCUT2D eigenvalue weighted by Crippen LogP contribution is 2.23. The number of nitrogens with one attached hydrogen (secondary N) is 1. The molecule has 0 saturated carbocycles. The highest BCUT2D eigenvalue weighted by molar-refractivity contribution is 5.61. The molecule has 1 saturated heterocycles. The summed E-state index contributed by atoms with van der Waals surface area (Å²) in [6.45, 7) is 6.26. The van der Waals surface area contributed by atoms with E-state index in [4.69, 9.17) is 5.26 Å². The number of hydrogen-bond donors (Lipinski definition) is 1. The van der Waals surface area contributed by atoms with E-state index in [0.29, 0.717) is 17.2 Å². The van der Waals surface area contributed by atoms with E-state index in [9.17, 15) is 10.1 Å². The van der Waals surface area contributed by atoms with Crippen LogP contribution < -0.4 is 5.32 Å². The van der Waals surface area contributed by atoms with Crippen LogP contribution >= 0.6 is 0 Å². The fourth-order valence-electron chi connectivity index (χ4n) is 2.75. The van der Waals surface area contributed by atoms with Gasteiger partial charge in [-0.1, -0.05) is 6.92 Å². The van der Waals surface area contributed by atoms with Gasteiger partial charge in [-0.25, -0.2) is 0 Å². The fraction of sp³-hybridized carbons (Fsp3) is 0.533. The standard InChI is InChI=1S/C15H20N4O2/c1-2-18-7-3-4-12(11-18)10-17-15-6-5-14(19(20)21)8-13(15)9-16/h5-6,8,12,17H,2-4,7,10-11H2,1H3/t12-/m1/s1. The molecule has 1 fully saturated rings. The Bertz CT molecular complexity index is 553. The summed E-state index contributed by atoms with van der Waals surface area (Å²) in [4.78, 5) is 12.7. The van der Waals surface area contributed by atoms with Crippen LogP contribution in [0.5, 0.6) is 0 Å². The van der Waals surface area contributed by atoms with Gasteiger partial charge in [-0.05, 0) is 37.9 Å². The molecule has 1 heterocycles. The van der Waals surface area contributed by atoms with Gasteiger partial charge in [0, 0.05) is 25.2 Å². The number of nitrogens with zero attached hydrogens (tertiary/aromatic N) is 3. The quantitative estimate of drug-likeness (QED) is 0.665. The third kappa shape index (κ3) is 3.92. The Morgan fingerprint density at radius 3 is 3.05 bits per heavy atom. The molecule has 21 heavy (non-hydrogen) atoms. The number of anilines is 1. The smallest absolute Gasteiger partial charge is 0.270 e. The number of nitro groups is 1. The fourth-order valence-corrected chi connectivity index (χ4v) is 2.75. The highest BCUT2D eigenvalue weighted by atomic mass is 16.6. The van der Waals surface area contributed by atoms with E-state index in [-0.39, 0.29) is 5.69 Å². The first-order chi connectivity index (χ1) is 10.1. The molecule has 1 aromatic rings. The van der Waals surface area contributed by atoms with Crippen LogP contribution in [0, 0.1) is 27.4 Å². The second kappa shape index (κ2) is 7.04. The van der Waals surface area contributed by atoms with Gasteiger partial charge in [0.1, 0.15) is 6.07 Å². The van der Waals surface area contributed by atoms with Crippen molar-refractivity contribution < 1.29 is 4.92 Å². The lowest BCUT2D eigenvalue weighted by molar-refractivity contribution is -0.384. The van der Waals surface area contributed by atoms with Gasteiger partial charge in [0.25, 0.3) is 5.69 Å². The minimum atomic E-state index is -0.481. The van der Waals surface area contributed by atoms with E-state index in [1.54, 1.807) is 6.07 Å². The Labute approximate surface area is 124 Å². The topological polar surface area (TPSA) is 82.2 Å². The normalized spacial score (nSPS) is 19.0. The van der Waals surface area contributed by atoms with Crippen LogP contribution in [0.25, 0.3) is 0 Å². The number of likely N-dealkylation sites (tertiary alicyclic amines) is 1. The van der Waals surface area contributed by atoms with E-state index in [0.717, 1.165) is 26.2 Å². The molecule has 2 rings (SSSR count). The van der Waals surface area contributed by atoms with Gasteiger partial charge in [-0.3, -0.25) is 10.1 Å². The number of piperidine rings is 1. The molecule has 0 bridgehead atoms. The maximum Gasteiger partial charge on any atom is 0.270 e. The van der Waals surface area contributed by atoms with E-state index in [1.165, 1.54) is 25.0 Å². The predicted octanol–water partition coefficient (Wildman–Crippen LogP) is 2.61. The van der Waals surface area contributed by atoms with Crippen LogP contribution in [0.4, 0.5) is 11.4 Å². The molecule has 0 spiro atoms. The van der Waals surface area contributed by atoms with Crippen LogP contribution in [-0.4, -0.2) is 36.0 Å². The van der Waals surface area contributed by atoms with Crippen LogP contribution in [-0.2, 0) is 0 Å². The van der Waals surface area contributed by atoms with Crippen molar-refractivity contribution in [2.24, 2.45) is 5.92 Å². The molecule has 6 heteroatoms. The number of non-ortho nitro benzene ring substituents is 1. The molecule has 1 N–H and O–H groups in total. The Hall–Kier alpha value is -2.13. The van der Waals surface area contributed by atoms with Crippen LogP contribution in [0.1, 0.15) is 25.3 Å². The summed E-state index contributed by atoms with van der Waals surface area (Å²) >= 11 is 0. The molecule has 1 aliphatic heterocycles. The predicted molar refractivity (Wildman–Crippen MR) is 81.1 cm³/mol. The molecule has 0 radical (unpaired) electrons. The van der Waals surface area contributed by atoms with Crippen molar-refractivity contribution in [2.45, 2.75) is 19.8 Å². The maximum absolute atomic E-state index is 10.7. The van der Waals surface area contributed by atoms with Crippen molar-refractivity contribution in [2.75, 3.05) is 31.5 Å². The lowest BCUT2D eigenvalue weighted by Crippen LogP contribution is -2.37. The zero-order chi connectivity index (χ0) is 15.2. The van der Waals surface area contributed by atoms with Gasteiger partial charge in [0.15, 0.2) is 0 Å². The van der Waals surface area contributed by atoms with Crippen molar-refractivity contribution in [1.29, 1.82) is 5.26 Å². The number of nitro benzene ring substituents is 1. The van der Waals surface area contributed by atoms with Crippen molar-refractivity contribution in [1.82, 2.24) is 4.90 Å². The number of nitriles is 1. The Balaban J connectivity index is 2.00. The molecule has 1 aliphatic rings. The van der Waals surface area contributed by atoms with Crippen LogP contribution in [0.15, 0.2) is 18.2 Å². The Kier molecular flexibility index (Phi) is 5.12. The number of rotatable bonds is 5. The summed E-state index contributed by atoms with van der Waals surface area (Å²) in [5.41, 5.74) is 0.955. The minimum Gasteiger partial charge on any atom is -0.384 e. The average molecular weight is 288 g/mol. The van der Waals surface area contributed by atoms with Crippen LogP contribution in [0.2, 0.25) is 0 Å². The molecule has 112 valence electrons. The number of hydrogen-bond acceptors (Lipinski definition) is 5. The molecule has 0 aliphatic carbocycles. The first kappa shape index (κ1) is 15.3. The van der Waals surface area contributed by atoms with Gasteiger partial charge < -0.3 is 10.2 Å². The summed E-state index contributed by atoms with van der Waals surface area (Å²) in [6.07, 6.45) is 2.38. The molecular formula is C15H20N4O2. The summed E-state index contributed by atoms with van der Waals surface area (Å²) < 4.78 is 0. The van der Waals surface area contributed by atoms with Gasteiger partial charge >= 0.3 is 0 Å². The van der Waals surface area contributed by atoms with Gasteiger partial charge in [0.05, 0.1) is 16.2 Å². The average Bonchev–Trinajstić information content (AvgIpc) is 2.52. The summed E-state index contributed by atoms with van der Waals surface area (Å²) in [5, 5.41) is 23.1. The molecule has 0 unspecified atom stereocenters. The van der Waals surface area contributed by atoms with Crippen LogP contribution in [0.3, 0.4) is 0 Å². The van der Waals surface area contributed by atoms with E-state index >= 15 is 0 Å². The molecular weight excluding hydrogens is 268 g/mol. The summed E-state index contributed by atoms with van der Waals surface area (Å²) in [7, 11) is 0. The van der Waals surface area contributed by atoms with E-state index in [2.05, 4.69) is 17.1 Å². The van der Waals surface area contributed by atoms with E-state index < -0.39 is 4.92 Å². The maximum atomic E-state index is 10.7. The SMILES string of the molecule is CCN1CCC[C@H](CNc2ccc([N+](=O)[O-])cc2C#N)C1. The molecule has 6 nitrogen and oxygen atoms in total. The summed E-state index contributed by atoms with van der Waals surface area (Å²) in [5.74, 6) is 0.556. The molecule has 0 aromatic heterocycles. The highest BCUT2D eigenvalue weighted by Gasteiger charge is 2.19. The van der Waals surface area contributed by atoms with Crippen molar-refractivity contribution in [3.63, 3.8) is 0 Å². The zero-order valence-electron chi connectivity index (χ0n) is 12.2. The van der Waals surface area contributed by atoms with Gasteiger partial charge in [-0.15, -0.1) is 0 Å². The zero-order valence-corrected chi connectivity index (χ0v) is 12.2. The van der Waals surface area contributed by atoms with Crippen molar-refractivity contribution >= 4 is 11.4 Å². The largest absolute Gasteiger partial charge is 0.384 e. The second-order valence-corrected chi connectivity index (χ2v) is 5.38. The lowest BCUT2D eigenvalue weighted by atomic mass is 9.98. The second-order valence-electron chi connectivity index (χ2n) is 5.38. The molecule has 1 aromatic carbocycles. The molecule has 0 amide bonds. The Morgan fingerprint density at radius 2 is 2.38 bits per heavy atom. The molecule has 1 atom stereocenters. The summed E-state index contributed by atoms with van der Waals surface area (Å²) in [6, 6.07) is 6.40. The van der Waals surface area contributed by atoms with Crippen molar-refractivity contribution in [3.8, 4) is 6.07 Å². The van der Waals surface area contributed by atoms with Crippen molar-refractivity contribution in [3.05, 3.63) is 33.9 Å². The van der Waals surface area contributed by atoms with Gasteiger partial charge in [0.2, 0.25) is 0 Å². The first-order valence-electron chi connectivity index (χ1n) is 7.28. The Morgan fingerprint density at radius 1 is 1.57 bits per heavy atom. The third-order valence-electron chi connectivity index (χ3n) is 3.97. The van der Waals surface area contributed by atoms with E-state index in [1.807, 2.05) is 6.07 Å². The van der Waals surface area contributed by atoms with Gasteiger partial charge in [-0.2, -0.15) is 5.26 Å². The lowest BCUT2D eigenvalue weighted by Gasteiger charge is -2.32. The monoisotopic (exact) mass is 288 g/mol. The number of benzene rings is 1. The third-order valence-corrected chi connectivity index (χ3v) is 3.97. The minimum absolute atomic E-state index is 0.0491. The first-order valence-corrected chi connectivity index (χ1v) is 7.28.